The number of aliphatic hydroxyl groups is 1. The Morgan fingerprint density at radius 1 is 1.48 bits per heavy atom. The summed E-state index contributed by atoms with van der Waals surface area (Å²) in [4.78, 5) is 6.64. The van der Waals surface area contributed by atoms with E-state index >= 15 is 0 Å². The molecule has 116 valence electrons. The molecule has 0 bridgehead atoms. The van der Waals surface area contributed by atoms with Gasteiger partial charge < -0.3 is 20.1 Å². The number of hydrogen-bond donors (Lipinski definition) is 2. The van der Waals surface area contributed by atoms with Crippen molar-refractivity contribution in [3.05, 3.63) is 35.4 Å². The molecule has 5 nitrogen and oxygen atoms in total. The second-order valence-corrected chi connectivity index (χ2v) is 5.12. The molecule has 0 spiro atoms. The number of guanidine groups is 1. The largest absolute Gasteiger partial charge is 0.394 e. The monoisotopic (exact) mass is 291 g/mol. The predicted octanol–water partition coefficient (Wildman–Crippen LogP) is 1.33. The van der Waals surface area contributed by atoms with Crippen molar-refractivity contribution in [2.45, 2.75) is 20.0 Å². The van der Waals surface area contributed by atoms with Gasteiger partial charge in [0.25, 0.3) is 0 Å². The van der Waals surface area contributed by atoms with E-state index in [1.165, 1.54) is 11.1 Å². The van der Waals surface area contributed by atoms with Crippen molar-refractivity contribution in [1.29, 1.82) is 0 Å². The standard InChI is InChI=1S/C16H25N3O2/c1-3-17-16(18-8-10-20)19-9-11-21-15(12-19)14-7-5-4-6-13(14)2/h4-7,15,20H,3,8-12H2,1-2H3,(H,17,18). The highest BCUT2D eigenvalue weighted by Crippen LogP contribution is 2.24. The van der Waals surface area contributed by atoms with E-state index in [2.05, 4.69) is 40.3 Å². The van der Waals surface area contributed by atoms with Gasteiger partial charge >= 0.3 is 0 Å². The molecule has 1 atom stereocenters. The number of nitrogens with one attached hydrogen (secondary N) is 1. The molecule has 1 aliphatic heterocycles. The molecule has 1 fully saturated rings. The average molecular weight is 291 g/mol. The normalized spacial score (nSPS) is 19.7. The first kappa shape index (κ1) is 15.8. The van der Waals surface area contributed by atoms with Crippen LogP contribution in [-0.2, 0) is 4.74 Å². The molecule has 1 saturated heterocycles. The Hall–Kier alpha value is -1.59. The van der Waals surface area contributed by atoms with Crippen LogP contribution in [0.2, 0.25) is 0 Å². The van der Waals surface area contributed by atoms with Crippen LogP contribution in [0, 0.1) is 6.92 Å². The van der Waals surface area contributed by atoms with Crippen molar-refractivity contribution in [3.8, 4) is 0 Å². The highest BCUT2D eigenvalue weighted by atomic mass is 16.5. The lowest BCUT2D eigenvalue weighted by molar-refractivity contribution is -0.00834. The third-order valence-corrected chi connectivity index (χ3v) is 3.60. The maximum atomic E-state index is 8.97. The molecule has 0 aliphatic carbocycles. The van der Waals surface area contributed by atoms with Crippen LogP contribution in [0.5, 0.6) is 0 Å². The van der Waals surface area contributed by atoms with Gasteiger partial charge in [-0.15, -0.1) is 0 Å². The SMILES string of the molecule is CCNC(=NCCO)N1CCOC(c2ccccc2C)C1. The summed E-state index contributed by atoms with van der Waals surface area (Å²) < 4.78 is 5.93. The van der Waals surface area contributed by atoms with Gasteiger partial charge in [-0.2, -0.15) is 0 Å². The Bertz CT molecular complexity index is 476. The predicted molar refractivity (Wildman–Crippen MR) is 84.5 cm³/mol. The smallest absolute Gasteiger partial charge is 0.194 e. The summed E-state index contributed by atoms with van der Waals surface area (Å²) in [5.74, 6) is 0.855. The van der Waals surface area contributed by atoms with Crippen LogP contribution in [0.3, 0.4) is 0 Å². The van der Waals surface area contributed by atoms with Gasteiger partial charge in [-0.3, -0.25) is 4.99 Å². The summed E-state index contributed by atoms with van der Waals surface area (Å²) in [6.45, 7) is 7.76. The van der Waals surface area contributed by atoms with Crippen LogP contribution in [0.1, 0.15) is 24.2 Å². The van der Waals surface area contributed by atoms with E-state index in [4.69, 9.17) is 9.84 Å². The summed E-state index contributed by atoms with van der Waals surface area (Å²) in [6, 6.07) is 8.34. The summed E-state index contributed by atoms with van der Waals surface area (Å²) in [7, 11) is 0. The highest BCUT2D eigenvalue weighted by Gasteiger charge is 2.24. The Morgan fingerprint density at radius 2 is 2.29 bits per heavy atom. The molecule has 1 aliphatic rings. The third-order valence-electron chi connectivity index (χ3n) is 3.60. The summed E-state index contributed by atoms with van der Waals surface area (Å²) in [5.41, 5.74) is 2.49. The van der Waals surface area contributed by atoms with Crippen molar-refractivity contribution in [3.63, 3.8) is 0 Å². The minimum Gasteiger partial charge on any atom is -0.394 e. The lowest BCUT2D eigenvalue weighted by Gasteiger charge is -2.35. The Balaban J connectivity index is 2.10. The van der Waals surface area contributed by atoms with Crippen LogP contribution in [0.4, 0.5) is 0 Å². The van der Waals surface area contributed by atoms with Crippen LogP contribution in [0.15, 0.2) is 29.3 Å². The van der Waals surface area contributed by atoms with Gasteiger partial charge in [-0.1, -0.05) is 24.3 Å². The van der Waals surface area contributed by atoms with Gasteiger partial charge in [0.1, 0.15) is 6.10 Å². The van der Waals surface area contributed by atoms with Crippen LogP contribution in [-0.4, -0.2) is 55.4 Å². The van der Waals surface area contributed by atoms with Crippen LogP contribution >= 0.6 is 0 Å². The minimum atomic E-state index is 0.0675. The lowest BCUT2D eigenvalue weighted by atomic mass is 10.0. The molecule has 0 radical (unpaired) electrons. The molecule has 21 heavy (non-hydrogen) atoms. The van der Waals surface area contributed by atoms with Gasteiger partial charge in [-0.25, -0.2) is 0 Å². The fraction of sp³-hybridized carbons (Fsp3) is 0.562. The molecule has 0 aromatic heterocycles. The Kier molecular flexibility index (Phi) is 6.02. The molecule has 1 heterocycles. The van der Waals surface area contributed by atoms with E-state index in [1.807, 2.05) is 13.0 Å². The number of morpholine rings is 1. The number of aryl methyl sites for hydroxylation is 1. The number of aliphatic imine (C=N–C) groups is 1. The molecule has 1 unspecified atom stereocenters. The first-order valence-corrected chi connectivity index (χ1v) is 7.57. The number of rotatable bonds is 4. The molecule has 2 N–H and O–H groups in total. The molecule has 1 aromatic carbocycles. The highest BCUT2D eigenvalue weighted by molar-refractivity contribution is 5.80. The topological polar surface area (TPSA) is 57.1 Å². The molecular weight excluding hydrogens is 266 g/mol. The van der Waals surface area contributed by atoms with Gasteiger partial charge in [0.05, 0.1) is 26.3 Å². The zero-order chi connectivity index (χ0) is 15.1. The van der Waals surface area contributed by atoms with Crippen molar-refractivity contribution in [2.24, 2.45) is 4.99 Å². The van der Waals surface area contributed by atoms with Gasteiger partial charge in [0, 0.05) is 13.1 Å². The quantitative estimate of drug-likeness (QED) is 0.649. The zero-order valence-electron chi connectivity index (χ0n) is 12.9. The second-order valence-electron chi connectivity index (χ2n) is 5.12. The summed E-state index contributed by atoms with van der Waals surface area (Å²) in [5, 5.41) is 12.3. The van der Waals surface area contributed by atoms with Gasteiger partial charge in [0.15, 0.2) is 5.96 Å². The van der Waals surface area contributed by atoms with Crippen molar-refractivity contribution in [2.75, 3.05) is 39.4 Å². The molecule has 2 rings (SSSR count). The Labute approximate surface area is 126 Å². The van der Waals surface area contributed by atoms with E-state index in [-0.39, 0.29) is 12.7 Å². The second kappa shape index (κ2) is 8.00. The maximum absolute atomic E-state index is 8.97. The average Bonchev–Trinajstić information content (AvgIpc) is 2.52. The number of hydrogen-bond acceptors (Lipinski definition) is 3. The van der Waals surface area contributed by atoms with E-state index < -0.39 is 0 Å². The van der Waals surface area contributed by atoms with E-state index in [0.717, 1.165) is 25.6 Å². The number of aliphatic hydroxyl groups excluding tert-OH is 1. The molecule has 5 heteroatoms. The van der Waals surface area contributed by atoms with Crippen molar-refractivity contribution in [1.82, 2.24) is 10.2 Å². The van der Waals surface area contributed by atoms with Crippen LogP contribution in [0.25, 0.3) is 0 Å². The molecule has 0 saturated carbocycles. The minimum absolute atomic E-state index is 0.0675. The lowest BCUT2D eigenvalue weighted by Crippen LogP contribution is -2.48. The number of nitrogens with zero attached hydrogens (tertiary/aromatic N) is 2. The Morgan fingerprint density at radius 3 is 3.00 bits per heavy atom. The van der Waals surface area contributed by atoms with Crippen molar-refractivity contribution >= 4 is 5.96 Å². The molecular formula is C16H25N3O2. The fourth-order valence-electron chi connectivity index (χ4n) is 2.56. The van der Waals surface area contributed by atoms with E-state index in [9.17, 15) is 0 Å². The summed E-state index contributed by atoms with van der Waals surface area (Å²) >= 11 is 0. The van der Waals surface area contributed by atoms with E-state index in [1.54, 1.807) is 0 Å². The van der Waals surface area contributed by atoms with Crippen LogP contribution < -0.4 is 5.32 Å². The van der Waals surface area contributed by atoms with E-state index in [0.29, 0.717) is 13.2 Å². The first-order chi connectivity index (χ1) is 10.3. The molecule has 1 aromatic rings. The zero-order valence-corrected chi connectivity index (χ0v) is 12.9. The number of benzene rings is 1. The number of ether oxygens (including phenoxy) is 1. The van der Waals surface area contributed by atoms with Gasteiger partial charge in [-0.05, 0) is 25.0 Å². The fourth-order valence-corrected chi connectivity index (χ4v) is 2.56. The first-order valence-electron chi connectivity index (χ1n) is 7.57. The maximum Gasteiger partial charge on any atom is 0.194 e. The third kappa shape index (κ3) is 4.19. The molecule has 0 amide bonds. The van der Waals surface area contributed by atoms with Crippen molar-refractivity contribution < 1.29 is 9.84 Å². The summed E-state index contributed by atoms with van der Waals surface area (Å²) in [6.07, 6.45) is 0.0675. The van der Waals surface area contributed by atoms with Gasteiger partial charge in [0.2, 0.25) is 0 Å².